The van der Waals surface area contributed by atoms with E-state index in [1.54, 1.807) is 11.8 Å². The van der Waals surface area contributed by atoms with Gasteiger partial charge >= 0.3 is 0 Å². The molecule has 0 radical (unpaired) electrons. The minimum Gasteiger partial charge on any atom is -0.298 e. The number of nitrogens with zero attached hydrogens (tertiary/aromatic N) is 1. The van der Waals surface area contributed by atoms with Crippen molar-refractivity contribution in [3.05, 3.63) is 35.4 Å². The number of rotatable bonds is 2. The van der Waals surface area contributed by atoms with Gasteiger partial charge in [-0.1, -0.05) is 44.7 Å². The molecule has 2 aromatic rings. The predicted octanol–water partition coefficient (Wildman–Crippen LogP) is 4.25. The number of hydrogen-bond donors (Lipinski definition) is 0. The zero-order valence-corrected chi connectivity index (χ0v) is 12.0. The quantitative estimate of drug-likeness (QED) is 0.596. The Kier molecular flexibility index (Phi) is 3.44. The molecule has 0 fully saturated rings. The molecule has 0 unspecified atom stereocenters. The van der Waals surface area contributed by atoms with Crippen LogP contribution in [0.1, 0.15) is 36.7 Å². The first-order valence-electron chi connectivity index (χ1n) is 5.95. The van der Waals surface area contributed by atoms with Gasteiger partial charge in [0.15, 0.2) is 6.29 Å². The third kappa shape index (κ3) is 2.91. The van der Waals surface area contributed by atoms with Crippen molar-refractivity contribution in [2.24, 2.45) is 0 Å². The first kappa shape index (κ1) is 13.1. The van der Waals surface area contributed by atoms with E-state index >= 15 is 0 Å². The average molecular weight is 259 g/mol. The minimum absolute atomic E-state index is 0.0439. The molecule has 0 saturated heterocycles. The molecule has 0 aliphatic carbocycles. The van der Waals surface area contributed by atoms with E-state index in [1.165, 1.54) is 5.56 Å². The number of aromatic nitrogens is 1. The Hall–Kier alpha value is -1.35. The highest BCUT2D eigenvalue weighted by Crippen LogP contribution is 2.33. The third-order valence-electron chi connectivity index (χ3n) is 2.50. The molecule has 0 spiro atoms. The van der Waals surface area contributed by atoms with Crippen LogP contribution in [0.5, 0.6) is 0 Å². The topological polar surface area (TPSA) is 30.0 Å². The van der Waals surface area contributed by atoms with Crippen LogP contribution in [0.25, 0.3) is 10.9 Å². The van der Waals surface area contributed by atoms with Gasteiger partial charge in [-0.3, -0.25) is 4.79 Å². The molecule has 2 rings (SSSR count). The molecule has 1 heterocycles. The van der Waals surface area contributed by atoms with Crippen LogP contribution in [-0.4, -0.2) is 16.0 Å². The van der Waals surface area contributed by atoms with Crippen LogP contribution >= 0.6 is 11.8 Å². The molecular weight excluding hydrogens is 242 g/mol. The molecule has 0 atom stereocenters. The lowest BCUT2D eigenvalue weighted by Gasteiger charge is -2.18. The van der Waals surface area contributed by atoms with Crippen molar-refractivity contribution in [1.82, 2.24) is 4.98 Å². The maximum atomic E-state index is 11.2. The molecule has 0 saturated carbocycles. The summed E-state index contributed by atoms with van der Waals surface area (Å²) in [5.41, 5.74) is 2.80. The number of aldehydes is 1. The maximum absolute atomic E-state index is 11.2. The Bertz CT molecular complexity index is 599. The van der Waals surface area contributed by atoms with Crippen molar-refractivity contribution < 1.29 is 4.79 Å². The molecule has 1 aromatic carbocycles. The summed E-state index contributed by atoms with van der Waals surface area (Å²) >= 11 is 1.63. The number of pyridine rings is 1. The van der Waals surface area contributed by atoms with Crippen molar-refractivity contribution in [1.29, 1.82) is 0 Å². The molecule has 18 heavy (non-hydrogen) atoms. The van der Waals surface area contributed by atoms with E-state index in [1.807, 2.05) is 25.1 Å². The molecule has 0 aliphatic heterocycles. The Labute approximate surface area is 112 Å². The second-order valence-electron chi connectivity index (χ2n) is 5.41. The fourth-order valence-electron chi connectivity index (χ4n) is 1.73. The summed E-state index contributed by atoms with van der Waals surface area (Å²) in [6.45, 7) is 8.41. The minimum atomic E-state index is 0.0439. The van der Waals surface area contributed by atoms with Crippen LogP contribution in [-0.2, 0) is 0 Å². The first-order chi connectivity index (χ1) is 8.39. The van der Waals surface area contributed by atoms with Crippen LogP contribution < -0.4 is 0 Å². The van der Waals surface area contributed by atoms with Gasteiger partial charge in [-0.05, 0) is 24.6 Å². The molecule has 2 nitrogen and oxygen atoms in total. The van der Waals surface area contributed by atoms with Crippen LogP contribution in [0.15, 0.2) is 29.3 Å². The van der Waals surface area contributed by atoms with E-state index in [0.29, 0.717) is 5.56 Å². The maximum Gasteiger partial charge on any atom is 0.152 e. The van der Waals surface area contributed by atoms with Crippen molar-refractivity contribution in [3.8, 4) is 0 Å². The highest BCUT2D eigenvalue weighted by Gasteiger charge is 2.16. The van der Waals surface area contributed by atoms with Crippen LogP contribution in [0.3, 0.4) is 0 Å². The summed E-state index contributed by atoms with van der Waals surface area (Å²) in [5, 5.41) is 1.83. The molecule has 0 bridgehead atoms. The van der Waals surface area contributed by atoms with Gasteiger partial charge in [0, 0.05) is 15.7 Å². The van der Waals surface area contributed by atoms with E-state index in [-0.39, 0.29) is 4.75 Å². The normalized spacial score (nSPS) is 11.8. The fourth-order valence-corrected chi connectivity index (χ4v) is 2.68. The monoisotopic (exact) mass is 259 g/mol. The average Bonchev–Trinajstić information content (AvgIpc) is 2.25. The van der Waals surface area contributed by atoms with Crippen LogP contribution in [0.2, 0.25) is 0 Å². The Morgan fingerprint density at radius 2 is 1.94 bits per heavy atom. The zero-order valence-electron chi connectivity index (χ0n) is 11.2. The second kappa shape index (κ2) is 4.73. The predicted molar refractivity (Wildman–Crippen MR) is 77.5 cm³/mol. The summed E-state index contributed by atoms with van der Waals surface area (Å²) in [7, 11) is 0. The van der Waals surface area contributed by atoms with Crippen LogP contribution in [0.4, 0.5) is 0 Å². The lowest BCUT2D eigenvalue weighted by atomic mass is 10.1. The van der Waals surface area contributed by atoms with Crippen molar-refractivity contribution in [2.45, 2.75) is 37.5 Å². The summed E-state index contributed by atoms with van der Waals surface area (Å²) in [4.78, 5) is 15.8. The molecule has 0 N–H and O–H groups in total. The number of aryl methyl sites for hydroxylation is 1. The molecule has 0 aliphatic rings. The summed E-state index contributed by atoms with van der Waals surface area (Å²) in [5.74, 6) is 0. The number of carbonyl (C=O) groups excluding carboxylic acids is 1. The number of fused-ring (bicyclic) bond motifs is 1. The molecule has 1 aromatic heterocycles. The van der Waals surface area contributed by atoms with E-state index in [2.05, 4.69) is 31.8 Å². The van der Waals surface area contributed by atoms with Gasteiger partial charge in [0.2, 0.25) is 0 Å². The molecule has 3 heteroatoms. The third-order valence-corrected chi connectivity index (χ3v) is 3.63. The Balaban J connectivity index is 2.60. The van der Waals surface area contributed by atoms with E-state index in [9.17, 15) is 4.79 Å². The van der Waals surface area contributed by atoms with Crippen molar-refractivity contribution in [3.63, 3.8) is 0 Å². The Morgan fingerprint density at radius 3 is 2.56 bits per heavy atom. The fraction of sp³-hybridized carbons (Fsp3) is 0.333. The number of carbonyl (C=O) groups is 1. The van der Waals surface area contributed by atoms with Gasteiger partial charge in [0.25, 0.3) is 0 Å². The van der Waals surface area contributed by atoms with E-state index in [4.69, 9.17) is 0 Å². The van der Waals surface area contributed by atoms with Gasteiger partial charge < -0.3 is 0 Å². The standard InChI is InChI=1S/C15H17NOS/c1-10-5-6-11-8-12(9-17)14(16-13(11)7-10)18-15(2,3)4/h5-9H,1-4H3. The van der Waals surface area contributed by atoms with Crippen LogP contribution in [0, 0.1) is 6.92 Å². The number of hydrogen-bond acceptors (Lipinski definition) is 3. The van der Waals surface area contributed by atoms with Crippen molar-refractivity contribution >= 4 is 29.0 Å². The second-order valence-corrected chi connectivity index (χ2v) is 7.23. The van der Waals surface area contributed by atoms with Crippen molar-refractivity contribution in [2.75, 3.05) is 0 Å². The highest BCUT2D eigenvalue weighted by molar-refractivity contribution is 8.00. The number of benzene rings is 1. The lowest BCUT2D eigenvalue weighted by Crippen LogP contribution is -2.08. The van der Waals surface area contributed by atoms with Gasteiger partial charge in [0.1, 0.15) is 5.03 Å². The molecular formula is C15H17NOS. The SMILES string of the molecule is Cc1ccc2cc(C=O)c(SC(C)(C)C)nc2c1. The lowest BCUT2D eigenvalue weighted by molar-refractivity contribution is 0.112. The highest BCUT2D eigenvalue weighted by atomic mass is 32.2. The molecule has 94 valence electrons. The van der Waals surface area contributed by atoms with E-state index < -0.39 is 0 Å². The summed E-state index contributed by atoms with van der Waals surface area (Å²) in [6.07, 6.45) is 0.889. The van der Waals surface area contributed by atoms with Gasteiger partial charge in [-0.15, -0.1) is 0 Å². The van der Waals surface area contributed by atoms with E-state index in [0.717, 1.165) is 22.2 Å². The van der Waals surface area contributed by atoms with Gasteiger partial charge in [-0.25, -0.2) is 4.98 Å². The number of thioether (sulfide) groups is 1. The van der Waals surface area contributed by atoms with Gasteiger partial charge in [0.05, 0.1) is 5.52 Å². The largest absolute Gasteiger partial charge is 0.298 e. The summed E-state index contributed by atoms with van der Waals surface area (Å²) in [6, 6.07) is 8.02. The first-order valence-corrected chi connectivity index (χ1v) is 6.76. The molecule has 0 amide bonds. The Morgan fingerprint density at radius 1 is 1.22 bits per heavy atom. The smallest absolute Gasteiger partial charge is 0.152 e. The summed E-state index contributed by atoms with van der Waals surface area (Å²) < 4.78 is 0.0439. The zero-order chi connectivity index (χ0) is 13.3. The van der Waals surface area contributed by atoms with Gasteiger partial charge in [-0.2, -0.15) is 0 Å².